The van der Waals surface area contributed by atoms with E-state index in [2.05, 4.69) is 0 Å². The van der Waals surface area contributed by atoms with Crippen LogP contribution in [0.15, 0.2) is 30.3 Å². The number of hydrogen-bond acceptors (Lipinski definition) is 6. The average molecular weight is 372 g/mol. The number of carbonyl (C=O) groups excluding carboxylic acids is 2. The Morgan fingerprint density at radius 2 is 1.81 bits per heavy atom. The van der Waals surface area contributed by atoms with E-state index in [1.165, 1.54) is 21.1 Å². The first-order chi connectivity index (χ1) is 12.9. The summed E-state index contributed by atoms with van der Waals surface area (Å²) in [7, 11) is 2.83. The van der Waals surface area contributed by atoms with Gasteiger partial charge in [0.2, 0.25) is 0 Å². The molecular weight excluding hydrogens is 348 g/mol. The maximum Gasteiger partial charge on any atom is 0.337 e. The second-order valence-corrected chi connectivity index (χ2v) is 6.05. The first kappa shape index (κ1) is 20.3. The van der Waals surface area contributed by atoms with Crippen molar-refractivity contribution in [3.05, 3.63) is 52.6 Å². The molecule has 0 aliphatic rings. The van der Waals surface area contributed by atoms with Gasteiger partial charge in [-0.05, 0) is 37.6 Å². The molecule has 0 saturated heterocycles. The lowest BCUT2D eigenvalue weighted by atomic mass is 10.0. The fraction of sp³-hybridized carbons (Fsp3) is 0.333. The summed E-state index contributed by atoms with van der Waals surface area (Å²) in [6.07, 6.45) is 1.38. The van der Waals surface area contributed by atoms with Crippen molar-refractivity contribution in [2.45, 2.75) is 33.3 Å². The van der Waals surface area contributed by atoms with E-state index in [1.807, 2.05) is 6.92 Å². The maximum atomic E-state index is 11.7. The molecule has 1 N–H and O–H groups in total. The van der Waals surface area contributed by atoms with Crippen LogP contribution in [0.4, 0.5) is 0 Å². The number of esters is 1. The molecule has 6 heteroatoms. The Hall–Kier alpha value is -3.02. The van der Waals surface area contributed by atoms with Gasteiger partial charge in [0.25, 0.3) is 0 Å². The van der Waals surface area contributed by atoms with Crippen molar-refractivity contribution in [3.63, 3.8) is 0 Å². The molecule has 6 nitrogen and oxygen atoms in total. The van der Waals surface area contributed by atoms with E-state index in [0.717, 1.165) is 12.0 Å². The smallest absolute Gasteiger partial charge is 0.337 e. The SMILES string of the molecule is CCCc1c(OCc2ccc(C(=O)OC)cc2OC)ccc(C(C)=O)c1O. The summed E-state index contributed by atoms with van der Waals surface area (Å²) >= 11 is 0. The Kier molecular flexibility index (Phi) is 6.82. The minimum absolute atomic E-state index is 0.0325. The number of ether oxygens (including phenoxy) is 3. The summed E-state index contributed by atoms with van der Waals surface area (Å²) in [6.45, 7) is 3.58. The molecule has 0 aliphatic heterocycles. The number of hydrogen-bond donors (Lipinski definition) is 1. The molecule has 0 saturated carbocycles. The van der Waals surface area contributed by atoms with Crippen LogP contribution in [-0.4, -0.2) is 31.1 Å². The van der Waals surface area contributed by atoms with Crippen molar-refractivity contribution >= 4 is 11.8 Å². The molecule has 0 amide bonds. The Labute approximate surface area is 158 Å². The van der Waals surface area contributed by atoms with Crippen LogP contribution in [0.2, 0.25) is 0 Å². The van der Waals surface area contributed by atoms with Crippen molar-refractivity contribution < 1.29 is 28.9 Å². The molecule has 0 unspecified atom stereocenters. The van der Waals surface area contributed by atoms with E-state index < -0.39 is 5.97 Å². The molecule has 0 heterocycles. The first-order valence-electron chi connectivity index (χ1n) is 8.66. The molecule has 0 aromatic heterocycles. The molecule has 2 aromatic carbocycles. The normalized spacial score (nSPS) is 10.4. The second kappa shape index (κ2) is 9.07. The summed E-state index contributed by atoms with van der Waals surface area (Å²) in [6, 6.07) is 8.21. The molecule has 2 rings (SSSR count). The van der Waals surface area contributed by atoms with E-state index in [9.17, 15) is 14.7 Å². The lowest BCUT2D eigenvalue weighted by Crippen LogP contribution is -2.06. The highest BCUT2D eigenvalue weighted by atomic mass is 16.5. The summed E-state index contributed by atoms with van der Waals surface area (Å²) in [5.74, 6) is 0.333. The second-order valence-electron chi connectivity index (χ2n) is 6.05. The number of benzene rings is 2. The molecule has 2 aromatic rings. The van der Waals surface area contributed by atoms with E-state index >= 15 is 0 Å². The minimum atomic E-state index is -0.448. The first-order valence-corrected chi connectivity index (χ1v) is 8.66. The fourth-order valence-electron chi connectivity index (χ4n) is 2.79. The predicted octanol–water partition coefficient (Wildman–Crippen LogP) is 3.92. The number of rotatable bonds is 8. The van der Waals surface area contributed by atoms with Crippen LogP contribution in [0.3, 0.4) is 0 Å². The van der Waals surface area contributed by atoms with Crippen molar-refractivity contribution in [2.75, 3.05) is 14.2 Å². The predicted molar refractivity (Wildman–Crippen MR) is 101 cm³/mol. The Balaban J connectivity index is 2.29. The van der Waals surface area contributed by atoms with Gasteiger partial charge in [-0.1, -0.05) is 19.4 Å². The minimum Gasteiger partial charge on any atom is -0.507 e. The number of ketones is 1. The van der Waals surface area contributed by atoms with E-state index in [-0.39, 0.29) is 23.7 Å². The van der Waals surface area contributed by atoms with Gasteiger partial charge in [0.1, 0.15) is 23.9 Å². The van der Waals surface area contributed by atoms with Crippen LogP contribution in [0.25, 0.3) is 0 Å². The zero-order valence-electron chi connectivity index (χ0n) is 16.0. The zero-order valence-corrected chi connectivity index (χ0v) is 16.0. The number of methoxy groups -OCH3 is 2. The number of carbonyl (C=O) groups is 2. The van der Waals surface area contributed by atoms with Gasteiger partial charge in [0, 0.05) is 11.1 Å². The van der Waals surface area contributed by atoms with Gasteiger partial charge in [0.05, 0.1) is 25.3 Å². The van der Waals surface area contributed by atoms with E-state index in [1.54, 1.807) is 30.3 Å². The number of aromatic hydroxyl groups is 1. The monoisotopic (exact) mass is 372 g/mol. The number of Topliss-reactive ketones (excluding diaryl/α,β-unsaturated/α-hetero) is 1. The van der Waals surface area contributed by atoms with Crippen LogP contribution >= 0.6 is 0 Å². The van der Waals surface area contributed by atoms with Gasteiger partial charge in [-0.15, -0.1) is 0 Å². The molecule has 0 bridgehead atoms. The van der Waals surface area contributed by atoms with Crippen LogP contribution in [0, 0.1) is 0 Å². The number of phenolic OH excluding ortho intramolecular Hbond substituents is 1. The quantitative estimate of drug-likeness (QED) is 0.559. The van der Waals surface area contributed by atoms with Crippen LogP contribution in [-0.2, 0) is 17.8 Å². The van der Waals surface area contributed by atoms with Crippen LogP contribution in [0.5, 0.6) is 17.2 Å². The maximum absolute atomic E-state index is 11.7. The van der Waals surface area contributed by atoms with Crippen LogP contribution in [0.1, 0.15) is 52.1 Å². The zero-order chi connectivity index (χ0) is 20.0. The summed E-state index contributed by atoms with van der Waals surface area (Å²) in [4.78, 5) is 23.3. The molecule has 0 atom stereocenters. The van der Waals surface area contributed by atoms with E-state index in [4.69, 9.17) is 14.2 Å². The summed E-state index contributed by atoms with van der Waals surface area (Å²) in [5, 5.41) is 10.4. The fourth-order valence-corrected chi connectivity index (χ4v) is 2.79. The van der Waals surface area contributed by atoms with Crippen LogP contribution < -0.4 is 9.47 Å². The molecular formula is C21H24O6. The summed E-state index contributed by atoms with van der Waals surface area (Å²) < 4.78 is 15.9. The standard InChI is InChI=1S/C21H24O6/c1-5-6-17-18(10-9-16(13(2)22)20(17)23)27-12-15-8-7-14(21(24)26-4)11-19(15)25-3/h7-11,23H,5-6,12H2,1-4H3. The highest BCUT2D eigenvalue weighted by Gasteiger charge is 2.17. The third kappa shape index (κ3) is 4.58. The number of phenols is 1. The highest BCUT2D eigenvalue weighted by molar-refractivity contribution is 5.97. The lowest BCUT2D eigenvalue weighted by molar-refractivity contribution is 0.0600. The van der Waals surface area contributed by atoms with Crippen molar-refractivity contribution in [1.29, 1.82) is 0 Å². The topological polar surface area (TPSA) is 82.1 Å². The van der Waals surface area contributed by atoms with Crippen molar-refractivity contribution in [2.24, 2.45) is 0 Å². The molecule has 0 fully saturated rings. The van der Waals surface area contributed by atoms with Gasteiger partial charge >= 0.3 is 5.97 Å². The van der Waals surface area contributed by atoms with Gasteiger partial charge in [-0.3, -0.25) is 4.79 Å². The van der Waals surface area contributed by atoms with E-state index in [0.29, 0.717) is 29.0 Å². The van der Waals surface area contributed by atoms with Crippen molar-refractivity contribution in [1.82, 2.24) is 0 Å². The van der Waals surface area contributed by atoms with Gasteiger partial charge in [-0.2, -0.15) is 0 Å². The Bertz CT molecular complexity index is 841. The third-order valence-electron chi connectivity index (χ3n) is 4.21. The van der Waals surface area contributed by atoms with Gasteiger partial charge in [-0.25, -0.2) is 4.79 Å². The molecule has 27 heavy (non-hydrogen) atoms. The van der Waals surface area contributed by atoms with Crippen molar-refractivity contribution in [3.8, 4) is 17.2 Å². The largest absolute Gasteiger partial charge is 0.507 e. The molecule has 0 aliphatic carbocycles. The average Bonchev–Trinajstić information content (AvgIpc) is 2.67. The Morgan fingerprint density at radius 3 is 2.41 bits per heavy atom. The highest BCUT2D eigenvalue weighted by Crippen LogP contribution is 2.34. The molecule has 0 spiro atoms. The van der Waals surface area contributed by atoms with Gasteiger partial charge < -0.3 is 19.3 Å². The summed E-state index contributed by atoms with van der Waals surface area (Å²) in [5.41, 5.74) is 2.01. The third-order valence-corrected chi connectivity index (χ3v) is 4.21. The lowest BCUT2D eigenvalue weighted by Gasteiger charge is -2.16. The molecule has 144 valence electrons. The molecule has 0 radical (unpaired) electrons. The Morgan fingerprint density at radius 1 is 1.07 bits per heavy atom. The van der Waals surface area contributed by atoms with Gasteiger partial charge in [0.15, 0.2) is 5.78 Å².